The van der Waals surface area contributed by atoms with E-state index in [0.717, 1.165) is 23.0 Å². The number of aryl methyl sites for hydroxylation is 1. The van der Waals surface area contributed by atoms with Crippen molar-refractivity contribution < 1.29 is 4.74 Å². The predicted octanol–water partition coefficient (Wildman–Crippen LogP) is 3.82. The van der Waals surface area contributed by atoms with Crippen molar-refractivity contribution in [3.63, 3.8) is 0 Å². The summed E-state index contributed by atoms with van der Waals surface area (Å²) in [5, 5.41) is 3.34. The second-order valence-corrected chi connectivity index (χ2v) is 4.75. The molecule has 106 valence electrons. The quantitative estimate of drug-likeness (QED) is 0.771. The highest BCUT2D eigenvalue weighted by Gasteiger charge is 2.00. The molecule has 4 heteroatoms. The largest absolute Gasteiger partial charge is 0.457 e. The third-order valence-electron chi connectivity index (χ3n) is 3.20. The van der Waals surface area contributed by atoms with E-state index >= 15 is 0 Å². The van der Waals surface area contributed by atoms with Gasteiger partial charge in [0.2, 0.25) is 0 Å². The Bertz CT molecular complexity index is 690. The Morgan fingerprint density at radius 3 is 2.38 bits per heavy atom. The zero-order valence-corrected chi connectivity index (χ0v) is 11.9. The second kappa shape index (κ2) is 6.13. The molecule has 0 saturated carbocycles. The predicted molar refractivity (Wildman–Crippen MR) is 83.5 cm³/mol. The zero-order valence-electron chi connectivity index (χ0n) is 11.9. The molecule has 3 rings (SSSR count). The topological polar surface area (TPSA) is 39.1 Å². The number of aromatic nitrogens is 2. The van der Waals surface area contributed by atoms with Crippen molar-refractivity contribution in [1.82, 2.24) is 9.55 Å². The lowest BCUT2D eigenvalue weighted by Crippen LogP contribution is -2.05. The normalized spacial score (nSPS) is 10.3. The maximum atomic E-state index is 5.76. The first-order chi connectivity index (χ1) is 10.3. The van der Waals surface area contributed by atoms with Gasteiger partial charge in [0, 0.05) is 25.1 Å². The van der Waals surface area contributed by atoms with E-state index in [0.29, 0.717) is 6.54 Å². The van der Waals surface area contributed by atoms with Crippen LogP contribution in [0.3, 0.4) is 0 Å². The van der Waals surface area contributed by atoms with Crippen LogP contribution < -0.4 is 10.1 Å². The third kappa shape index (κ3) is 3.42. The molecule has 0 unspecified atom stereocenters. The maximum Gasteiger partial charge on any atom is 0.127 e. The summed E-state index contributed by atoms with van der Waals surface area (Å²) in [5.74, 6) is 2.66. The van der Waals surface area contributed by atoms with Gasteiger partial charge in [-0.3, -0.25) is 0 Å². The molecule has 0 saturated heterocycles. The number of hydrogen-bond donors (Lipinski definition) is 1. The summed E-state index contributed by atoms with van der Waals surface area (Å²) in [4.78, 5) is 4.28. The highest BCUT2D eigenvalue weighted by molar-refractivity contribution is 5.47. The van der Waals surface area contributed by atoms with Crippen molar-refractivity contribution >= 4 is 5.69 Å². The summed E-state index contributed by atoms with van der Waals surface area (Å²) in [5.41, 5.74) is 1.04. The van der Waals surface area contributed by atoms with E-state index in [2.05, 4.69) is 10.3 Å². The van der Waals surface area contributed by atoms with Crippen molar-refractivity contribution in [2.45, 2.75) is 6.54 Å². The van der Waals surface area contributed by atoms with Crippen molar-refractivity contribution in [2.75, 3.05) is 5.32 Å². The maximum absolute atomic E-state index is 5.76. The summed E-state index contributed by atoms with van der Waals surface area (Å²) in [6.07, 6.45) is 3.74. The first-order valence-corrected chi connectivity index (χ1v) is 6.84. The van der Waals surface area contributed by atoms with E-state index in [1.165, 1.54) is 0 Å². The fourth-order valence-electron chi connectivity index (χ4n) is 2.01. The lowest BCUT2D eigenvalue weighted by atomic mass is 10.3. The number of nitrogens with zero attached hydrogens (tertiary/aromatic N) is 2. The van der Waals surface area contributed by atoms with Gasteiger partial charge in [-0.05, 0) is 36.4 Å². The summed E-state index contributed by atoms with van der Waals surface area (Å²) >= 11 is 0. The second-order valence-electron chi connectivity index (χ2n) is 4.75. The lowest BCUT2D eigenvalue weighted by molar-refractivity contribution is 0.483. The summed E-state index contributed by atoms with van der Waals surface area (Å²) < 4.78 is 7.76. The van der Waals surface area contributed by atoms with Gasteiger partial charge < -0.3 is 14.6 Å². The Balaban J connectivity index is 1.60. The van der Waals surface area contributed by atoms with Crippen molar-refractivity contribution in [2.24, 2.45) is 7.05 Å². The molecule has 0 amide bonds. The first-order valence-electron chi connectivity index (χ1n) is 6.84. The van der Waals surface area contributed by atoms with Gasteiger partial charge in [0.15, 0.2) is 0 Å². The van der Waals surface area contributed by atoms with Gasteiger partial charge in [-0.1, -0.05) is 18.2 Å². The van der Waals surface area contributed by atoms with E-state index in [9.17, 15) is 0 Å². The van der Waals surface area contributed by atoms with Crippen molar-refractivity contribution in [1.29, 1.82) is 0 Å². The minimum Gasteiger partial charge on any atom is -0.457 e. The minimum atomic E-state index is 0.697. The molecule has 0 radical (unpaired) electrons. The molecule has 0 spiro atoms. The SMILES string of the molecule is Cn1ccnc1CNc1ccc(Oc2ccccc2)cc1. The van der Waals surface area contributed by atoms with Crippen LogP contribution in [0.25, 0.3) is 0 Å². The van der Waals surface area contributed by atoms with Gasteiger partial charge in [0.05, 0.1) is 6.54 Å². The fourth-order valence-corrected chi connectivity index (χ4v) is 2.01. The van der Waals surface area contributed by atoms with Crippen LogP contribution >= 0.6 is 0 Å². The highest BCUT2D eigenvalue weighted by atomic mass is 16.5. The van der Waals surface area contributed by atoms with Gasteiger partial charge in [-0.25, -0.2) is 4.98 Å². The number of rotatable bonds is 5. The molecule has 4 nitrogen and oxygen atoms in total. The summed E-state index contributed by atoms with van der Waals surface area (Å²) in [7, 11) is 1.99. The van der Waals surface area contributed by atoms with Gasteiger partial charge in [0.25, 0.3) is 0 Å². The van der Waals surface area contributed by atoms with E-state index in [1.54, 1.807) is 6.20 Å². The molecule has 1 N–H and O–H groups in total. The monoisotopic (exact) mass is 279 g/mol. The average molecular weight is 279 g/mol. The number of hydrogen-bond acceptors (Lipinski definition) is 3. The molecule has 0 fully saturated rings. The number of imidazole rings is 1. The molecule has 0 atom stereocenters. The molecule has 0 aliphatic rings. The molecular weight excluding hydrogens is 262 g/mol. The van der Waals surface area contributed by atoms with E-state index < -0.39 is 0 Å². The molecule has 21 heavy (non-hydrogen) atoms. The van der Waals surface area contributed by atoms with Crippen molar-refractivity contribution in [3.8, 4) is 11.5 Å². The van der Waals surface area contributed by atoms with E-state index in [-0.39, 0.29) is 0 Å². The molecule has 2 aromatic carbocycles. The van der Waals surface area contributed by atoms with Crippen LogP contribution in [0.15, 0.2) is 67.0 Å². The molecule has 3 aromatic rings. The lowest BCUT2D eigenvalue weighted by Gasteiger charge is -2.08. The van der Waals surface area contributed by atoms with Crippen molar-refractivity contribution in [3.05, 3.63) is 72.8 Å². The Morgan fingerprint density at radius 2 is 1.71 bits per heavy atom. The van der Waals surface area contributed by atoms with E-state index in [1.807, 2.05) is 72.4 Å². The molecule has 0 aliphatic heterocycles. The van der Waals surface area contributed by atoms with E-state index in [4.69, 9.17) is 4.74 Å². The van der Waals surface area contributed by atoms with Gasteiger partial charge >= 0.3 is 0 Å². The van der Waals surface area contributed by atoms with Crippen LogP contribution in [0.4, 0.5) is 5.69 Å². The standard InChI is InChI=1S/C17H17N3O/c1-20-12-11-18-17(20)13-19-14-7-9-16(10-8-14)21-15-5-3-2-4-6-15/h2-12,19H,13H2,1H3. The van der Waals surface area contributed by atoms with Crippen LogP contribution in [0.1, 0.15) is 5.82 Å². The first kappa shape index (κ1) is 13.2. The Hall–Kier alpha value is -2.75. The molecular formula is C17H17N3O. The van der Waals surface area contributed by atoms with Crippen LogP contribution in [-0.2, 0) is 13.6 Å². The average Bonchev–Trinajstić information content (AvgIpc) is 2.93. The Kier molecular flexibility index (Phi) is 3.87. The van der Waals surface area contributed by atoms with Crippen LogP contribution in [0.2, 0.25) is 0 Å². The Morgan fingerprint density at radius 1 is 1.00 bits per heavy atom. The number of benzene rings is 2. The Labute approximate surface area is 124 Å². The summed E-state index contributed by atoms with van der Waals surface area (Å²) in [6.45, 7) is 0.697. The third-order valence-corrected chi connectivity index (χ3v) is 3.20. The van der Waals surface area contributed by atoms with Crippen LogP contribution in [0.5, 0.6) is 11.5 Å². The number of anilines is 1. The zero-order chi connectivity index (χ0) is 14.5. The molecule has 0 bridgehead atoms. The summed E-state index contributed by atoms with van der Waals surface area (Å²) in [6, 6.07) is 17.7. The highest BCUT2D eigenvalue weighted by Crippen LogP contribution is 2.22. The number of para-hydroxylation sites is 1. The van der Waals surface area contributed by atoms with Crippen LogP contribution in [0, 0.1) is 0 Å². The molecule has 1 heterocycles. The van der Waals surface area contributed by atoms with Gasteiger partial charge in [-0.15, -0.1) is 0 Å². The fraction of sp³-hybridized carbons (Fsp3) is 0.118. The molecule has 0 aliphatic carbocycles. The van der Waals surface area contributed by atoms with Crippen LogP contribution in [-0.4, -0.2) is 9.55 Å². The smallest absolute Gasteiger partial charge is 0.127 e. The minimum absolute atomic E-state index is 0.697. The van der Waals surface area contributed by atoms with Gasteiger partial charge in [-0.2, -0.15) is 0 Å². The van der Waals surface area contributed by atoms with Gasteiger partial charge in [0.1, 0.15) is 17.3 Å². The number of ether oxygens (including phenoxy) is 1. The molecule has 1 aromatic heterocycles. The number of nitrogens with one attached hydrogen (secondary N) is 1.